The molecule has 0 amide bonds. The molecule has 3 N–H and O–H groups in total. The number of phenols is 1. The highest BCUT2D eigenvalue weighted by molar-refractivity contribution is 9.10. The maximum atomic E-state index is 9.83. The van der Waals surface area contributed by atoms with Crippen molar-refractivity contribution in [3.8, 4) is 5.75 Å². The maximum absolute atomic E-state index is 9.83. The number of benzene rings is 1. The lowest BCUT2D eigenvalue weighted by atomic mass is 10.0. The zero-order valence-corrected chi connectivity index (χ0v) is 10.9. The fourth-order valence-corrected chi connectivity index (χ4v) is 1.96. The molecule has 4 heteroatoms. The van der Waals surface area contributed by atoms with Gasteiger partial charge in [-0.1, -0.05) is 28.1 Å². The molecule has 0 saturated heterocycles. The number of nitrogens with two attached hydrogens (primary N) is 1. The topological polar surface area (TPSA) is 46.2 Å². The quantitative estimate of drug-likeness (QED) is 0.838. The van der Waals surface area contributed by atoms with Crippen LogP contribution in [0.4, 0.5) is 0 Å². The van der Waals surface area contributed by atoms with E-state index in [1.807, 2.05) is 19.1 Å². The van der Waals surface area contributed by atoms with Crippen molar-refractivity contribution in [1.29, 1.82) is 0 Å². The van der Waals surface area contributed by atoms with Gasteiger partial charge in [0.25, 0.3) is 0 Å². The highest BCUT2D eigenvalue weighted by Crippen LogP contribution is 2.34. The molecule has 2 nitrogen and oxygen atoms in total. The Bertz CT molecular complexity index is 355. The van der Waals surface area contributed by atoms with Crippen LogP contribution in [-0.2, 0) is 0 Å². The second kappa shape index (κ2) is 6.16. The van der Waals surface area contributed by atoms with Crippen LogP contribution >= 0.6 is 28.3 Å². The summed E-state index contributed by atoms with van der Waals surface area (Å²) in [5, 5.41) is 9.83. The summed E-state index contributed by atoms with van der Waals surface area (Å²) in [7, 11) is 0. The average molecular weight is 293 g/mol. The van der Waals surface area contributed by atoms with E-state index < -0.39 is 0 Å². The Hall–Kier alpha value is -0.510. The summed E-state index contributed by atoms with van der Waals surface area (Å²) in [4.78, 5) is 0. The molecule has 0 spiro atoms. The standard InChI is InChI=1S/C11H14BrNO.ClH/c1-3-4-9(13)10-8(12)6-5-7(2)11(10)14;/h3,5-6,9,14H,1,4,13H2,2H3;1H/t9-;/m0./s1. The van der Waals surface area contributed by atoms with Crippen molar-refractivity contribution in [3.05, 3.63) is 40.4 Å². The van der Waals surface area contributed by atoms with Gasteiger partial charge in [-0.05, 0) is 25.0 Å². The molecule has 0 bridgehead atoms. The van der Waals surface area contributed by atoms with Crippen LogP contribution in [0, 0.1) is 6.92 Å². The zero-order valence-electron chi connectivity index (χ0n) is 8.53. The van der Waals surface area contributed by atoms with E-state index >= 15 is 0 Å². The van der Waals surface area contributed by atoms with Crippen LogP contribution in [0.3, 0.4) is 0 Å². The first kappa shape index (κ1) is 14.5. The number of phenolic OH excluding ortho intramolecular Hbond substituents is 1. The SMILES string of the molecule is C=CC[C@H](N)c1c(Br)ccc(C)c1O.Cl. The molecule has 0 saturated carbocycles. The van der Waals surface area contributed by atoms with Crippen LogP contribution in [0.25, 0.3) is 0 Å². The largest absolute Gasteiger partial charge is 0.507 e. The monoisotopic (exact) mass is 291 g/mol. The van der Waals surface area contributed by atoms with Gasteiger partial charge in [0.2, 0.25) is 0 Å². The second-order valence-electron chi connectivity index (χ2n) is 3.26. The Kier molecular flexibility index (Phi) is 5.95. The highest BCUT2D eigenvalue weighted by atomic mass is 79.9. The van der Waals surface area contributed by atoms with Gasteiger partial charge in [-0.25, -0.2) is 0 Å². The third-order valence-electron chi connectivity index (χ3n) is 2.16. The van der Waals surface area contributed by atoms with E-state index in [2.05, 4.69) is 22.5 Å². The Morgan fingerprint density at radius 2 is 2.20 bits per heavy atom. The lowest BCUT2D eigenvalue weighted by Crippen LogP contribution is -2.10. The number of halogens is 2. The molecule has 0 aliphatic heterocycles. The van der Waals surface area contributed by atoms with Crippen molar-refractivity contribution in [2.45, 2.75) is 19.4 Å². The van der Waals surface area contributed by atoms with Crippen LogP contribution in [0.5, 0.6) is 5.75 Å². The Morgan fingerprint density at radius 1 is 1.60 bits per heavy atom. The first-order valence-electron chi connectivity index (χ1n) is 4.42. The fraction of sp³-hybridized carbons (Fsp3) is 0.273. The summed E-state index contributed by atoms with van der Waals surface area (Å²) in [5.74, 6) is 0.272. The average Bonchev–Trinajstić information content (AvgIpc) is 2.13. The molecule has 0 fully saturated rings. The van der Waals surface area contributed by atoms with Crippen molar-refractivity contribution in [1.82, 2.24) is 0 Å². The van der Waals surface area contributed by atoms with Crippen LogP contribution in [0.1, 0.15) is 23.6 Å². The number of rotatable bonds is 3. The Morgan fingerprint density at radius 3 is 2.73 bits per heavy atom. The van der Waals surface area contributed by atoms with E-state index in [1.165, 1.54) is 0 Å². The molecular weight excluding hydrogens is 277 g/mol. The molecule has 0 aliphatic carbocycles. The first-order chi connectivity index (χ1) is 6.57. The molecule has 0 unspecified atom stereocenters. The van der Waals surface area contributed by atoms with E-state index in [0.29, 0.717) is 6.42 Å². The summed E-state index contributed by atoms with van der Waals surface area (Å²) >= 11 is 3.38. The van der Waals surface area contributed by atoms with E-state index in [-0.39, 0.29) is 24.2 Å². The lowest BCUT2D eigenvalue weighted by Gasteiger charge is -2.15. The minimum Gasteiger partial charge on any atom is -0.507 e. The van der Waals surface area contributed by atoms with E-state index in [0.717, 1.165) is 15.6 Å². The van der Waals surface area contributed by atoms with Crippen molar-refractivity contribution in [3.63, 3.8) is 0 Å². The smallest absolute Gasteiger partial charge is 0.124 e. The predicted molar refractivity (Wildman–Crippen MR) is 69.5 cm³/mol. The van der Waals surface area contributed by atoms with Crippen molar-refractivity contribution >= 4 is 28.3 Å². The molecule has 0 aromatic heterocycles. The van der Waals surface area contributed by atoms with Crippen molar-refractivity contribution < 1.29 is 5.11 Å². The minimum atomic E-state index is -0.207. The molecular formula is C11H15BrClNO. The summed E-state index contributed by atoms with van der Waals surface area (Å²) in [5.41, 5.74) is 7.51. The highest BCUT2D eigenvalue weighted by Gasteiger charge is 2.14. The lowest BCUT2D eigenvalue weighted by molar-refractivity contribution is 0.456. The first-order valence-corrected chi connectivity index (χ1v) is 5.21. The molecule has 1 aromatic carbocycles. The van der Waals surface area contributed by atoms with Crippen LogP contribution in [0.2, 0.25) is 0 Å². The number of hydrogen-bond donors (Lipinski definition) is 2. The van der Waals surface area contributed by atoms with Gasteiger partial charge in [0.15, 0.2) is 0 Å². The van der Waals surface area contributed by atoms with Gasteiger partial charge >= 0.3 is 0 Å². The number of aryl methyl sites for hydroxylation is 1. The minimum absolute atomic E-state index is 0. The van der Waals surface area contributed by atoms with Gasteiger partial charge in [-0.15, -0.1) is 19.0 Å². The van der Waals surface area contributed by atoms with Crippen LogP contribution in [-0.4, -0.2) is 5.11 Å². The Balaban J connectivity index is 0.00000196. The van der Waals surface area contributed by atoms with Gasteiger partial charge in [0, 0.05) is 16.1 Å². The Labute approximate surface area is 105 Å². The van der Waals surface area contributed by atoms with Gasteiger partial charge in [-0.3, -0.25) is 0 Å². The van der Waals surface area contributed by atoms with Crippen molar-refractivity contribution in [2.24, 2.45) is 5.73 Å². The molecule has 0 heterocycles. The second-order valence-corrected chi connectivity index (χ2v) is 4.11. The predicted octanol–water partition coefficient (Wildman–Crippen LogP) is 3.46. The van der Waals surface area contributed by atoms with E-state index in [4.69, 9.17) is 5.73 Å². The maximum Gasteiger partial charge on any atom is 0.124 e. The molecule has 84 valence electrons. The molecule has 1 atom stereocenters. The van der Waals surface area contributed by atoms with Crippen LogP contribution in [0.15, 0.2) is 29.3 Å². The third-order valence-corrected chi connectivity index (χ3v) is 2.85. The summed E-state index contributed by atoms with van der Waals surface area (Å²) in [6, 6.07) is 3.54. The zero-order chi connectivity index (χ0) is 10.7. The molecule has 1 aromatic rings. The van der Waals surface area contributed by atoms with Gasteiger partial charge in [-0.2, -0.15) is 0 Å². The van der Waals surface area contributed by atoms with Gasteiger partial charge in [0.1, 0.15) is 5.75 Å². The van der Waals surface area contributed by atoms with Crippen molar-refractivity contribution in [2.75, 3.05) is 0 Å². The number of hydrogen-bond acceptors (Lipinski definition) is 2. The molecule has 1 rings (SSSR count). The van der Waals surface area contributed by atoms with Crippen LogP contribution < -0.4 is 5.73 Å². The third kappa shape index (κ3) is 3.23. The summed E-state index contributed by atoms with van der Waals surface area (Å²) in [6.07, 6.45) is 2.40. The summed E-state index contributed by atoms with van der Waals surface area (Å²) < 4.78 is 0.843. The molecule has 0 aliphatic rings. The van der Waals surface area contributed by atoms with Gasteiger partial charge in [0.05, 0.1) is 0 Å². The molecule has 0 radical (unpaired) electrons. The van der Waals surface area contributed by atoms with E-state index in [1.54, 1.807) is 6.08 Å². The van der Waals surface area contributed by atoms with Gasteiger partial charge < -0.3 is 10.8 Å². The molecule has 15 heavy (non-hydrogen) atoms. The fourth-order valence-electron chi connectivity index (χ4n) is 1.34. The number of aromatic hydroxyl groups is 1. The summed E-state index contributed by atoms with van der Waals surface area (Å²) in [6.45, 7) is 5.48. The van der Waals surface area contributed by atoms with E-state index in [9.17, 15) is 5.11 Å². The normalized spacial score (nSPS) is 11.7.